The number of cyclic esters (lactones) is 1. The third-order valence-electron chi connectivity index (χ3n) is 0.624. The molecular weight excluding hydrogens is 80.0 g/mol. The average molecular weight is 84.1 g/mol. The van der Waals surface area contributed by atoms with Crippen molar-refractivity contribution >= 4 is 5.97 Å². The zero-order chi connectivity index (χ0) is 4.57. The van der Waals surface area contributed by atoms with Gasteiger partial charge in [-0.25, -0.2) is 4.79 Å². The van der Waals surface area contributed by atoms with Crippen LogP contribution in [-0.2, 0) is 9.53 Å². The molecule has 0 saturated carbocycles. The van der Waals surface area contributed by atoms with Crippen LogP contribution in [0.4, 0.5) is 0 Å². The van der Waals surface area contributed by atoms with Crippen LogP contribution in [0.2, 0.25) is 0 Å². The maximum atomic E-state index is 9.83. The van der Waals surface area contributed by atoms with Crippen molar-refractivity contribution in [3.63, 3.8) is 0 Å². The van der Waals surface area contributed by atoms with Gasteiger partial charge >= 0.3 is 5.97 Å². The van der Waals surface area contributed by atoms with Crippen molar-refractivity contribution < 1.29 is 9.53 Å². The molecule has 0 bridgehead atoms. The van der Waals surface area contributed by atoms with Crippen molar-refractivity contribution in [1.29, 1.82) is 0 Å². The molecule has 1 aliphatic rings. The van der Waals surface area contributed by atoms with Crippen LogP contribution in [0.5, 0.6) is 0 Å². The second kappa shape index (κ2) is 0.834. The van der Waals surface area contributed by atoms with Gasteiger partial charge in [-0.05, 0) is 13.0 Å². The molecule has 0 unspecified atom stereocenters. The van der Waals surface area contributed by atoms with Gasteiger partial charge in [-0.2, -0.15) is 0 Å². The smallest absolute Gasteiger partial charge is 0.379 e. The number of rotatable bonds is 0. The Morgan fingerprint density at radius 2 is 2.33 bits per heavy atom. The molecule has 0 aromatic heterocycles. The second-order valence-corrected chi connectivity index (χ2v) is 1.04. The van der Waals surface area contributed by atoms with Gasteiger partial charge in [0.2, 0.25) is 5.76 Å². The molecule has 1 rings (SSSR count). The van der Waals surface area contributed by atoms with E-state index in [1.807, 2.05) is 0 Å². The van der Waals surface area contributed by atoms with Crippen molar-refractivity contribution in [2.45, 2.75) is 6.92 Å². The minimum atomic E-state index is -0.183. The Bertz CT molecular complexity index is 113. The number of allylic oxidation sites excluding steroid dienone is 1. The van der Waals surface area contributed by atoms with Gasteiger partial charge in [-0.3, -0.25) is 0 Å². The standard InChI is InChI=1S/C4H4O2/c1-2-3-4(5)6-3/h2H,1H3. The predicted octanol–water partition coefficient (Wildman–Crippen LogP) is 0.447. The molecule has 0 radical (unpaired) electrons. The van der Waals surface area contributed by atoms with Gasteiger partial charge in [0.1, 0.15) is 0 Å². The molecule has 1 fully saturated rings. The first kappa shape index (κ1) is 3.40. The molecule has 0 N–H and O–H groups in total. The van der Waals surface area contributed by atoms with Crippen molar-refractivity contribution in [3.05, 3.63) is 11.8 Å². The fraction of sp³-hybridized carbons (Fsp3) is 0.250. The fourth-order valence-corrected chi connectivity index (χ4v) is 0.251. The molecular formula is C4H4O2. The van der Waals surface area contributed by atoms with Crippen LogP contribution < -0.4 is 0 Å². The molecule has 0 amide bonds. The van der Waals surface area contributed by atoms with Crippen molar-refractivity contribution in [1.82, 2.24) is 0 Å². The maximum absolute atomic E-state index is 9.83. The lowest BCUT2D eigenvalue weighted by molar-refractivity contribution is -0.117. The monoisotopic (exact) mass is 84.0 g/mol. The van der Waals surface area contributed by atoms with E-state index in [1.54, 1.807) is 13.0 Å². The predicted molar refractivity (Wildman–Crippen MR) is 19.8 cm³/mol. The van der Waals surface area contributed by atoms with E-state index in [9.17, 15) is 4.79 Å². The highest BCUT2D eigenvalue weighted by atomic mass is 16.6. The first-order chi connectivity index (χ1) is 2.84. The first-order valence-corrected chi connectivity index (χ1v) is 1.73. The molecule has 1 saturated heterocycles. The van der Waals surface area contributed by atoms with E-state index in [0.29, 0.717) is 5.76 Å². The highest BCUT2D eigenvalue weighted by Crippen LogP contribution is 2.15. The SMILES string of the molecule is CC=C1OC1=O. The van der Waals surface area contributed by atoms with E-state index in [4.69, 9.17) is 0 Å². The zero-order valence-electron chi connectivity index (χ0n) is 3.39. The summed E-state index contributed by atoms with van der Waals surface area (Å²) in [5.74, 6) is 0.313. The summed E-state index contributed by atoms with van der Waals surface area (Å²) in [6, 6.07) is 0. The Morgan fingerprint density at radius 3 is 2.33 bits per heavy atom. The van der Waals surface area contributed by atoms with E-state index >= 15 is 0 Å². The van der Waals surface area contributed by atoms with E-state index in [0.717, 1.165) is 0 Å². The molecule has 0 aliphatic carbocycles. The molecule has 6 heavy (non-hydrogen) atoms. The number of ether oxygens (including phenoxy) is 1. The highest BCUT2D eigenvalue weighted by Gasteiger charge is 2.27. The van der Waals surface area contributed by atoms with E-state index in [1.165, 1.54) is 0 Å². The molecule has 2 heteroatoms. The summed E-state index contributed by atoms with van der Waals surface area (Å²) in [6.07, 6.45) is 1.64. The third kappa shape index (κ3) is 0.302. The number of carbonyl (C=O) groups is 1. The summed E-state index contributed by atoms with van der Waals surface area (Å²) < 4.78 is 4.29. The maximum Gasteiger partial charge on any atom is 0.379 e. The van der Waals surface area contributed by atoms with Gasteiger partial charge in [0, 0.05) is 0 Å². The fourth-order valence-electron chi connectivity index (χ4n) is 0.251. The molecule has 0 aromatic carbocycles. The summed E-state index contributed by atoms with van der Waals surface area (Å²) in [5, 5.41) is 0. The largest absolute Gasteiger partial charge is 0.413 e. The van der Waals surface area contributed by atoms with Crippen LogP contribution >= 0.6 is 0 Å². The Kier molecular flexibility index (Phi) is 0.473. The van der Waals surface area contributed by atoms with Crippen LogP contribution in [0.3, 0.4) is 0 Å². The average Bonchev–Trinajstić information content (AvgIpc) is 2.19. The lowest BCUT2D eigenvalue weighted by atomic mass is 10.6. The number of carbonyl (C=O) groups excluding carboxylic acids is 1. The van der Waals surface area contributed by atoms with E-state index < -0.39 is 0 Å². The van der Waals surface area contributed by atoms with Crippen LogP contribution in [-0.4, -0.2) is 5.97 Å². The van der Waals surface area contributed by atoms with E-state index in [-0.39, 0.29) is 5.97 Å². The summed E-state index contributed by atoms with van der Waals surface area (Å²) in [4.78, 5) is 9.83. The topological polar surface area (TPSA) is 29.6 Å². The quantitative estimate of drug-likeness (QED) is 0.315. The Morgan fingerprint density at radius 1 is 1.83 bits per heavy atom. The molecule has 0 atom stereocenters. The number of hydrogen-bond acceptors (Lipinski definition) is 2. The van der Waals surface area contributed by atoms with E-state index in [2.05, 4.69) is 4.74 Å². The first-order valence-electron chi connectivity index (χ1n) is 1.73. The van der Waals surface area contributed by atoms with Gasteiger partial charge < -0.3 is 4.74 Å². The van der Waals surface area contributed by atoms with Crippen LogP contribution in [0.15, 0.2) is 11.8 Å². The van der Waals surface area contributed by atoms with Crippen molar-refractivity contribution in [3.8, 4) is 0 Å². The summed E-state index contributed by atoms with van der Waals surface area (Å²) in [6.45, 7) is 1.76. The van der Waals surface area contributed by atoms with Gasteiger partial charge in [-0.15, -0.1) is 0 Å². The van der Waals surface area contributed by atoms with Crippen molar-refractivity contribution in [2.75, 3.05) is 0 Å². The molecule has 32 valence electrons. The molecule has 2 nitrogen and oxygen atoms in total. The second-order valence-electron chi connectivity index (χ2n) is 1.04. The molecule has 0 spiro atoms. The van der Waals surface area contributed by atoms with Gasteiger partial charge in [0.15, 0.2) is 0 Å². The van der Waals surface area contributed by atoms with Crippen LogP contribution in [0.1, 0.15) is 6.92 Å². The molecule has 1 heterocycles. The van der Waals surface area contributed by atoms with Gasteiger partial charge in [0.25, 0.3) is 0 Å². The van der Waals surface area contributed by atoms with Crippen LogP contribution in [0.25, 0.3) is 0 Å². The van der Waals surface area contributed by atoms with Crippen molar-refractivity contribution in [2.24, 2.45) is 0 Å². The Labute approximate surface area is 35.4 Å². The van der Waals surface area contributed by atoms with Gasteiger partial charge in [0.05, 0.1) is 0 Å². The minimum Gasteiger partial charge on any atom is -0.413 e. The summed E-state index contributed by atoms with van der Waals surface area (Å²) in [7, 11) is 0. The lowest BCUT2D eigenvalue weighted by Gasteiger charge is -1.45. The molecule has 1 aliphatic heterocycles. The Balaban J connectivity index is 2.67. The summed E-state index contributed by atoms with van der Waals surface area (Å²) >= 11 is 0. The highest BCUT2D eigenvalue weighted by molar-refractivity contribution is 6.00. The Hall–Kier alpha value is -0.790. The van der Waals surface area contributed by atoms with Crippen LogP contribution in [0, 0.1) is 0 Å². The third-order valence-corrected chi connectivity index (χ3v) is 0.624. The number of epoxide rings is 1. The normalized spacial score (nSPS) is 24.2. The minimum absolute atomic E-state index is 0.183. The number of hydrogen-bond donors (Lipinski definition) is 0. The van der Waals surface area contributed by atoms with Gasteiger partial charge in [-0.1, -0.05) is 0 Å². The summed E-state index contributed by atoms with van der Waals surface area (Å²) in [5.41, 5.74) is 0. The zero-order valence-corrected chi connectivity index (χ0v) is 3.39. The molecule has 0 aromatic rings. The lowest BCUT2D eigenvalue weighted by Crippen LogP contribution is -1.52.